The van der Waals surface area contributed by atoms with Crippen molar-refractivity contribution in [2.45, 2.75) is 24.2 Å². The lowest BCUT2D eigenvalue weighted by Gasteiger charge is -2.26. The van der Waals surface area contributed by atoms with Gasteiger partial charge in [0.25, 0.3) is 0 Å². The molecule has 6 nitrogen and oxygen atoms in total. The molecule has 0 saturated carbocycles. The van der Waals surface area contributed by atoms with Crippen molar-refractivity contribution in [3.8, 4) is 0 Å². The van der Waals surface area contributed by atoms with Gasteiger partial charge in [-0.15, -0.1) is 0 Å². The normalized spacial score (nSPS) is 17.1. The van der Waals surface area contributed by atoms with Gasteiger partial charge in [-0.25, -0.2) is 13.6 Å². The second-order valence-electron chi connectivity index (χ2n) is 5.16. The van der Waals surface area contributed by atoms with Crippen molar-refractivity contribution in [3.05, 3.63) is 18.2 Å². The summed E-state index contributed by atoms with van der Waals surface area (Å²) in [4.78, 5) is 2.45. The molecule has 0 amide bonds. The van der Waals surface area contributed by atoms with Crippen molar-refractivity contribution >= 4 is 21.4 Å². The fourth-order valence-electron chi connectivity index (χ4n) is 2.43. The highest BCUT2D eigenvalue weighted by molar-refractivity contribution is 7.89. The van der Waals surface area contributed by atoms with Crippen LogP contribution in [0.1, 0.15) is 19.3 Å². The van der Waals surface area contributed by atoms with Gasteiger partial charge in [0.2, 0.25) is 10.0 Å². The minimum atomic E-state index is -3.72. The molecule has 20 heavy (non-hydrogen) atoms. The van der Waals surface area contributed by atoms with E-state index in [1.54, 1.807) is 6.07 Å². The summed E-state index contributed by atoms with van der Waals surface area (Å²) >= 11 is 0. The van der Waals surface area contributed by atoms with Crippen LogP contribution in [0.25, 0.3) is 0 Å². The highest BCUT2D eigenvalue weighted by Crippen LogP contribution is 2.19. The smallest absolute Gasteiger partial charge is 0.238 e. The molecule has 1 aromatic carbocycles. The van der Waals surface area contributed by atoms with E-state index >= 15 is 0 Å². The summed E-state index contributed by atoms with van der Waals surface area (Å²) in [6.07, 6.45) is 3.83. The third-order valence-electron chi connectivity index (χ3n) is 3.46. The first-order chi connectivity index (χ1) is 9.45. The Kier molecular flexibility index (Phi) is 4.85. The molecule has 0 bridgehead atoms. The molecule has 0 unspecified atom stereocenters. The minimum absolute atomic E-state index is 0.0398. The highest BCUT2D eigenvalue weighted by Gasteiger charge is 2.11. The van der Waals surface area contributed by atoms with E-state index < -0.39 is 10.0 Å². The molecule has 1 aliphatic heterocycles. The number of sulfonamides is 1. The standard InChI is InChI=1S/C13H22N4O2S/c14-11-8-12(10-13(9-11)20(15,18)19)16-4-7-17-5-2-1-3-6-17/h8-10,16H,1-7,14H2,(H2,15,18,19). The van der Waals surface area contributed by atoms with Crippen LogP contribution in [-0.2, 0) is 10.0 Å². The van der Waals surface area contributed by atoms with Crippen LogP contribution in [0, 0.1) is 0 Å². The number of nitrogens with zero attached hydrogens (tertiary/aromatic N) is 1. The molecule has 1 saturated heterocycles. The number of piperidine rings is 1. The summed E-state index contributed by atoms with van der Waals surface area (Å²) in [6, 6.07) is 4.60. The molecule has 1 aromatic rings. The van der Waals surface area contributed by atoms with E-state index in [2.05, 4.69) is 10.2 Å². The molecule has 112 valence electrons. The van der Waals surface area contributed by atoms with Gasteiger partial charge in [-0.3, -0.25) is 0 Å². The van der Waals surface area contributed by atoms with Gasteiger partial charge in [0.15, 0.2) is 0 Å². The monoisotopic (exact) mass is 298 g/mol. The van der Waals surface area contributed by atoms with Crippen LogP contribution in [-0.4, -0.2) is 39.5 Å². The van der Waals surface area contributed by atoms with Crippen molar-refractivity contribution in [2.24, 2.45) is 5.14 Å². The first-order valence-electron chi connectivity index (χ1n) is 6.85. The number of hydrogen-bond donors (Lipinski definition) is 3. The van der Waals surface area contributed by atoms with Gasteiger partial charge in [0.05, 0.1) is 4.90 Å². The number of rotatable bonds is 5. The Morgan fingerprint density at radius 1 is 1.15 bits per heavy atom. The van der Waals surface area contributed by atoms with E-state index in [4.69, 9.17) is 10.9 Å². The van der Waals surface area contributed by atoms with Gasteiger partial charge >= 0.3 is 0 Å². The molecular weight excluding hydrogens is 276 g/mol. The van der Waals surface area contributed by atoms with Crippen molar-refractivity contribution < 1.29 is 8.42 Å². The summed E-state index contributed by atoms with van der Waals surface area (Å²) in [6.45, 7) is 3.98. The van der Waals surface area contributed by atoms with Gasteiger partial charge in [-0.1, -0.05) is 6.42 Å². The molecule has 1 aliphatic rings. The van der Waals surface area contributed by atoms with E-state index in [9.17, 15) is 8.42 Å². The number of benzene rings is 1. The van der Waals surface area contributed by atoms with Crippen LogP contribution in [0.3, 0.4) is 0 Å². The van der Waals surface area contributed by atoms with Crippen LogP contribution in [0.5, 0.6) is 0 Å². The van der Waals surface area contributed by atoms with Crippen LogP contribution in [0.2, 0.25) is 0 Å². The zero-order chi connectivity index (χ0) is 14.6. The van der Waals surface area contributed by atoms with E-state index in [0.29, 0.717) is 11.4 Å². The van der Waals surface area contributed by atoms with Crippen LogP contribution in [0.15, 0.2) is 23.1 Å². The van der Waals surface area contributed by atoms with Crippen molar-refractivity contribution in [1.29, 1.82) is 0 Å². The Labute approximate surface area is 120 Å². The molecule has 7 heteroatoms. The quantitative estimate of drug-likeness (QED) is 0.698. The summed E-state index contributed by atoms with van der Waals surface area (Å²) in [7, 11) is -3.72. The highest BCUT2D eigenvalue weighted by atomic mass is 32.2. The SMILES string of the molecule is Nc1cc(NCCN2CCCCC2)cc(S(N)(=O)=O)c1. The van der Waals surface area contributed by atoms with Crippen LogP contribution in [0.4, 0.5) is 11.4 Å². The van der Waals surface area contributed by atoms with Gasteiger partial charge in [-0.05, 0) is 44.1 Å². The maximum absolute atomic E-state index is 11.3. The second-order valence-corrected chi connectivity index (χ2v) is 6.73. The second kappa shape index (κ2) is 6.43. The molecule has 1 fully saturated rings. The molecule has 1 heterocycles. The third-order valence-corrected chi connectivity index (χ3v) is 4.36. The lowest BCUT2D eigenvalue weighted by atomic mass is 10.1. The van der Waals surface area contributed by atoms with Crippen molar-refractivity contribution in [3.63, 3.8) is 0 Å². The fraction of sp³-hybridized carbons (Fsp3) is 0.538. The number of hydrogen-bond acceptors (Lipinski definition) is 5. The number of primary sulfonamides is 1. The average Bonchev–Trinajstić information content (AvgIpc) is 2.38. The van der Waals surface area contributed by atoms with E-state index in [1.165, 1.54) is 31.4 Å². The molecular formula is C13H22N4O2S. The first-order valence-corrected chi connectivity index (χ1v) is 8.39. The summed E-state index contributed by atoms with van der Waals surface area (Å²) in [5, 5.41) is 8.32. The number of nitrogen functional groups attached to an aromatic ring is 1. The lowest BCUT2D eigenvalue weighted by Crippen LogP contribution is -2.33. The summed E-state index contributed by atoms with van der Waals surface area (Å²) in [5.74, 6) is 0. The molecule has 5 N–H and O–H groups in total. The van der Waals surface area contributed by atoms with Crippen LogP contribution < -0.4 is 16.2 Å². The molecule has 0 aromatic heterocycles. The van der Waals surface area contributed by atoms with Gasteiger partial charge in [0.1, 0.15) is 0 Å². The lowest BCUT2D eigenvalue weighted by molar-refractivity contribution is 0.237. The summed E-state index contributed by atoms with van der Waals surface area (Å²) in [5.41, 5.74) is 6.77. The zero-order valence-corrected chi connectivity index (χ0v) is 12.3. The Bertz CT molecular complexity index is 553. The molecule has 0 atom stereocenters. The predicted octanol–water partition coefficient (Wildman–Crippen LogP) is 0.814. The predicted molar refractivity (Wildman–Crippen MR) is 81.0 cm³/mol. The molecule has 0 radical (unpaired) electrons. The summed E-state index contributed by atoms with van der Waals surface area (Å²) < 4.78 is 22.7. The Morgan fingerprint density at radius 2 is 1.85 bits per heavy atom. The average molecular weight is 298 g/mol. The third kappa shape index (κ3) is 4.36. The van der Waals surface area contributed by atoms with Gasteiger partial charge in [-0.2, -0.15) is 0 Å². The Balaban J connectivity index is 1.94. The fourth-order valence-corrected chi connectivity index (χ4v) is 3.02. The van der Waals surface area contributed by atoms with E-state index in [-0.39, 0.29) is 4.90 Å². The Morgan fingerprint density at radius 3 is 2.50 bits per heavy atom. The molecule has 0 spiro atoms. The van der Waals surface area contributed by atoms with Gasteiger partial charge < -0.3 is 16.0 Å². The minimum Gasteiger partial charge on any atom is -0.399 e. The van der Waals surface area contributed by atoms with E-state index in [0.717, 1.165) is 26.2 Å². The molecule has 2 rings (SSSR count). The maximum Gasteiger partial charge on any atom is 0.238 e. The van der Waals surface area contributed by atoms with Crippen molar-refractivity contribution in [1.82, 2.24) is 4.90 Å². The van der Waals surface area contributed by atoms with Crippen molar-refractivity contribution in [2.75, 3.05) is 37.2 Å². The number of likely N-dealkylation sites (tertiary alicyclic amines) is 1. The number of anilines is 2. The van der Waals surface area contributed by atoms with Crippen LogP contribution >= 0.6 is 0 Å². The topological polar surface area (TPSA) is 101 Å². The zero-order valence-electron chi connectivity index (χ0n) is 11.5. The number of nitrogens with two attached hydrogens (primary N) is 2. The molecule has 0 aliphatic carbocycles. The van der Waals surface area contributed by atoms with Gasteiger partial charge in [0, 0.05) is 24.5 Å². The largest absolute Gasteiger partial charge is 0.399 e. The Hall–Kier alpha value is -1.31. The van der Waals surface area contributed by atoms with E-state index in [1.807, 2.05) is 0 Å². The first kappa shape index (κ1) is 15.1. The maximum atomic E-state index is 11.3. The number of nitrogens with one attached hydrogen (secondary N) is 1.